The topological polar surface area (TPSA) is 82.7 Å². The molecule has 7 nitrogen and oxygen atoms in total. The van der Waals surface area contributed by atoms with Crippen LogP contribution in [0.5, 0.6) is 0 Å². The van der Waals surface area contributed by atoms with E-state index in [4.69, 9.17) is 4.74 Å². The smallest absolute Gasteiger partial charge is 0.323 e. The number of ether oxygens (including phenoxy) is 1. The molecule has 2 aromatic rings. The maximum absolute atomic E-state index is 12.8. The van der Waals surface area contributed by atoms with Crippen LogP contribution in [0, 0.1) is 0 Å². The number of methoxy groups -OCH3 is 1. The van der Waals surface area contributed by atoms with Crippen LogP contribution in [-0.4, -0.2) is 45.3 Å². The lowest BCUT2D eigenvalue weighted by molar-refractivity contribution is 0.0949. The molecular weight excluding hydrogens is 448 g/mol. The van der Waals surface area contributed by atoms with E-state index in [2.05, 4.69) is 36.8 Å². The number of rotatable bonds is 8. The molecule has 1 fully saturated rings. The van der Waals surface area contributed by atoms with E-state index in [0.29, 0.717) is 30.1 Å². The predicted molar refractivity (Wildman–Crippen MR) is 123 cm³/mol. The first-order valence-corrected chi connectivity index (χ1v) is 10.9. The summed E-state index contributed by atoms with van der Waals surface area (Å²) in [6.07, 6.45) is 2.97. The first kappa shape index (κ1) is 22.1. The molecule has 30 heavy (non-hydrogen) atoms. The number of hydrogen-bond donors (Lipinski definition) is 3. The highest BCUT2D eigenvalue weighted by molar-refractivity contribution is 9.10. The van der Waals surface area contributed by atoms with Crippen LogP contribution in [0.15, 0.2) is 46.9 Å². The minimum atomic E-state index is -0.367. The van der Waals surface area contributed by atoms with Gasteiger partial charge in [0.05, 0.1) is 5.56 Å². The highest BCUT2D eigenvalue weighted by Crippen LogP contribution is 2.28. The van der Waals surface area contributed by atoms with E-state index < -0.39 is 0 Å². The molecule has 0 aromatic heterocycles. The van der Waals surface area contributed by atoms with Crippen molar-refractivity contribution in [3.05, 3.63) is 52.5 Å². The van der Waals surface area contributed by atoms with Crippen molar-refractivity contribution in [2.24, 2.45) is 0 Å². The quantitative estimate of drug-likeness (QED) is 0.493. The molecule has 0 aliphatic carbocycles. The second-order valence-corrected chi connectivity index (χ2v) is 8.03. The van der Waals surface area contributed by atoms with E-state index in [0.717, 1.165) is 42.5 Å². The number of urea groups is 1. The predicted octanol–water partition coefficient (Wildman–Crippen LogP) is 4.46. The van der Waals surface area contributed by atoms with Crippen LogP contribution in [0.1, 0.15) is 29.6 Å². The SMILES string of the molecule is COCCCNC(=O)c1cc(NC(=O)Nc2cccc(Br)c2)ccc1N1CCCC1. The van der Waals surface area contributed by atoms with Gasteiger partial charge in [0.1, 0.15) is 0 Å². The van der Waals surface area contributed by atoms with Crippen LogP contribution in [0.3, 0.4) is 0 Å². The Bertz CT molecular complexity index is 884. The van der Waals surface area contributed by atoms with Gasteiger partial charge in [0, 0.05) is 54.9 Å². The Balaban J connectivity index is 1.73. The summed E-state index contributed by atoms with van der Waals surface area (Å²) in [6, 6.07) is 12.5. The monoisotopic (exact) mass is 474 g/mol. The molecule has 0 unspecified atom stereocenters. The van der Waals surface area contributed by atoms with Crippen molar-refractivity contribution in [3.63, 3.8) is 0 Å². The lowest BCUT2D eigenvalue weighted by Crippen LogP contribution is -2.29. The highest BCUT2D eigenvalue weighted by atomic mass is 79.9. The summed E-state index contributed by atoms with van der Waals surface area (Å²) in [5.41, 5.74) is 2.70. The number of carbonyl (C=O) groups excluding carboxylic acids is 2. The molecular formula is C22H27BrN4O3. The fourth-order valence-electron chi connectivity index (χ4n) is 3.40. The summed E-state index contributed by atoms with van der Waals surface area (Å²) in [5.74, 6) is -0.149. The second-order valence-electron chi connectivity index (χ2n) is 7.12. The van der Waals surface area contributed by atoms with Crippen LogP contribution in [0.25, 0.3) is 0 Å². The van der Waals surface area contributed by atoms with Gasteiger partial charge in [-0.2, -0.15) is 0 Å². The Kier molecular flexibility index (Phi) is 8.10. The Hall–Kier alpha value is -2.58. The third kappa shape index (κ3) is 6.21. The molecule has 3 N–H and O–H groups in total. The summed E-state index contributed by atoms with van der Waals surface area (Å²) < 4.78 is 5.91. The molecule has 3 rings (SSSR count). The lowest BCUT2D eigenvalue weighted by Gasteiger charge is -2.22. The van der Waals surface area contributed by atoms with E-state index in [-0.39, 0.29) is 11.9 Å². The molecule has 0 radical (unpaired) electrons. The van der Waals surface area contributed by atoms with Gasteiger partial charge < -0.3 is 25.6 Å². The van der Waals surface area contributed by atoms with Gasteiger partial charge in [0.2, 0.25) is 0 Å². The van der Waals surface area contributed by atoms with Crippen molar-refractivity contribution in [2.75, 3.05) is 48.9 Å². The Morgan fingerprint density at radius 1 is 1.07 bits per heavy atom. The van der Waals surface area contributed by atoms with Gasteiger partial charge in [-0.1, -0.05) is 22.0 Å². The molecule has 1 aliphatic heterocycles. The van der Waals surface area contributed by atoms with Gasteiger partial charge >= 0.3 is 6.03 Å². The Morgan fingerprint density at radius 3 is 2.50 bits per heavy atom. The molecule has 160 valence electrons. The molecule has 2 aromatic carbocycles. The zero-order valence-electron chi connectivity index (χ0n) is 17.0. The number of carbonyl (C=O) groups is 2. The van der Waals surface area contributed by atoms with Crippen LogP contribution < -0.4 is 20.9 Å². The normalized spacial score (nSPS) is 13.2. The minimum Gasteiger partial charge on any atom is -0.385 e. The van der Waals surface area contributed by atoms with Gasteiger partial charge in [-0.3, -0.25) is 4.79 Å². The molecule has 0 atom stereocenters. The number of hydrogen-bond acceptors (Lipinski definition) is 4. The molecule has 3 amide bonds. The summed E-state index contributed by atoms with van der Waals surface area (Å²) in [5, 5.41) is 8.55. The summed E-state index contributed by atoms with van der Waals surface area (Å²) in [7, 11) is 1.64. The fraction of sp³-hybridized carbons (Fsp3) is 0.364. The number of amides is 3. The van der Waals surface area contributed by atoms with Crippen LogP contribution in [0.4, 0.5) is 21.9 Å². The van der Waals surface area contributed by atoms with Crippen molar-refractivity contribution >= 4 is 44.9 Å². The Morgan fingerprint density at radius 2 is 1.80 bits per heavy atom. The molecule has 0 spiro atoms. The zero-order valence-corrected chi connectivity index (χ0v) is 18.6. The van der Waals surface area contributed by atoms with Gasteiger partial charge in [0.25, 0.3) is 5.91 Å². The van der Waals surface area contributed by atoms with Crippen molar-refractivity contribution in [1.29, 1.82) is 0 Å². The fourth-order valence-corrected chi connectivity index (χ4v) is 3.80. The first-order valence-electron chi connectivity index (χ1n) is 10.1. The molecule has 0 saturated carbocycles. The van der Waals surface area contributed by atoms with Gasteiger partial charge in [0.15, 0.2) is 0 Å². The van der Waals surface area contributed by atoms with Crippen LogP contribution >= 0.6 is 15.9 Å². The van der Waals surface area contributed by atoms with Gasteiger partial charge in [-0.05, 0) is 55.7 Å². The maximum atomic E-state index is 12.8. The van der Waals surface area contributed by atoms with Crippen molar-refractivity contribution < 1.29 is 14.3 Å². The number of nitrogens with one attached hydrogen (secondary N) is 3. The number of halogens is 1. The zero-order chi connectivity index (χ0) is 21.3. The van der Waals surface area contributed by atoms with E-state index in [9.17, 15) is 9.59 Å². The maximum Gasteiger partial charge on any atom is 0.323 e. The van der Waals surface area contributed by atoms with Crippen molar-refractivity contribution in [2.45, 2.75) is 19.3 Å². The standard InChI is InChI=1S/C22H27BrN4O3/c1-30-13-5-10-24-21(28)19-15-18(8-9-20(19)27-11-2-3-12-27)26-22(29)25-17-7-4-6-16(23)14-17/h4,6-9,14-15H,2-3,5,10-13H2,1H3,(H,24,28)(H2,25,26,29). The number of anilines is 3. The number of benzene rings is 2. The van der Waals surface area contributed by atoms with Gasteiger partial charge in [-0.25, -0.2) is 4.79 Å². The van der Waals surface area contributed by atoms with E-state index in [1.165, 1.54) is 0 Å². The Labute approximate surface area is 185 Å². The van der Waals surface area contributed by atoms with Crippen LogP contribution in [-0.2, 0) is 4.74 Å². The third-order valence-electron chi connectivity index (χ3n) is 4.84. The molecule has 8 heteroatoms. The third-order valence-corrected chi connectivity index (χ3v) is 5.33. The summed E-state index contributed by atoms with van der Waals surface area (Å²) in [6.45, 7) is 2.99. The molecule has 1 heterocycles. The summed E-state index contributed by atoms with van der Waals surface area (Å²) in [4.78, 5) is 27.5. The van der Waals surface area contributed by atoms with Gasteiger partial charge in [-0.15, -0.1) is 0 Å². The average molecular weight is 475 g/mol. The van der Waals surface area contributed by atoms with Crippen molar-refractivity contribution in [1.82, 2.24) is 5.32 Å². The highest BCUT2D eigenvalue weighted by Gasteiger charge is 2.20. The molecule has 1 aliphatic rings. The first-order chi connectivity index (χ1) is 14.6. The average Bonchev–Trinajstić information content (AvgIpc) is 3.25. The van der Waals surface area contributed by atoms with Crippen LogP contribution in [0.2, 0.25) is 0 Å². The second kappa shape index (κ2) is 11.0. The van der Waals surface area contributed by atoms with E-state index >= 15 is 0 Å². The van der Waals surface area contributed by atoms with E-state index in [1.807, 2.05) is 30.3 Å². The lowest BCUT2D eigenvalue weighted by atomic mass is 10.1. The minimum absolute atomic E-state index is 0.149. The van der Waals surface area contributed by atoms with Crippen molar-refractivity contribution in [3.8, 4) is 0 Å². The molecule has 1 saturated heterocycles. The van der Waals surface area contributed by atoms with E-state index in [1.54, 1.807) is 19.2 Å². The summed E-state index contributed by atoms with van der Waals surface area (Å²) >= 11 is 3.39. The number of nitrogens with zero attached hydrogens (tertiary/aromatic N) is 1. The molecule has 0 bridgehead atoms. The largest absolute Gasteiger partial charge is 0.385 e.